The van der Waals surface area contributed by atoms with E-state index in [0.29, 0.717) is 11.3 Å². The molecule has 0 N–H and O–H groups in total. The van der Waals surface area contributed by atoms with E-state index in [4.69, 9.17) is 0 Å². The molecule has 5 nitrogen and oxygen atoms in total. The topological polar surface area (TPSA) is 60.4 Å². The SMILES string of the molecule is O=[N+]([O-])c1ccccc1-c1cn2cc(Br)ccc2n1. The van der Waals surface area contributed by atoms with E-state index in [0.717, 1.165) is 10.1 Å². The fraction of sp³-hybridized carbons (Fsp3) is 0. The molecule has 0 aliphatic rings. The van der Waals surface area contributed by atoms with Crippen LogP contribution >= 0.6 is 15.9 Å². The van der Waals surface area contributed by atoms with Gasteiger partial charge in [-0.2, -0.15) is 0 Å². The zero-order valence-corrected chi connectivity index (χ0v) is 11.2. The van der Waals surface area contributed by atoms with E-state index < -0.39 is 4.92 Å². The lowest BCUT2D eigenvalue weighted by atomic mass is 10.1. The second-order valence-corrected chi connectivity index (χ2v) is 4.93. The standard InChI is InChI=1S/C13H8BrN3O2/c14-9-5-6-13-15-11(8-16(13)7-9)10-3-1-2-4-12(10)17(18)19/h1-8H. The minimum Gasteiger partial charge on any atom is -0.305 e. The highest BCUT2D eigenvalue weighted by Crippen LogP contribution is 2.29. The number of rotatable bonds is 2. The smallest absolute Gasteiger partial charge is 0.278 e. The van der Waals surface area contributed by atoms with Crippen LogP contribution in [0.25, 0.3) is 16.9 Å². The molecule has 0 fully saturated rings. The summed E-state index contributed by atoms with van der Waals surface area (Å²) >= 11 is 3.38. The Morgan fingerprint density at radius 1 is 1.16 bits per heavy atom. The first kappa shape index (κ1) is 11.9. The van der Waals surface area contributed by atoms with Crippen LogP contribution in [-0.2, 0) is 0 Å². The van der Waals surface area contributed by atoms with Crippen molar-refractivity contribution in [3.05, 3.63) is 63.4 Å². The number of benzene rings is 1. The molecule has 94 valence electrons. The molecule has 0 bridgehead atoms. The number of nitrogens with zero attached hydrogens (tertiary/aromatic N) is 3. The Balaban J connectivity index is 2.22. The maximum Gasteiger partial charge on any atom is 0.278 e. The molecule has 0 unspecified atom stereocenters. The summed E-state index contributed by atoms with van der Waals surface area (Å²) in [4.78, 5) is 15.0. The minimum absolute atomic E-state index is 0.0602. The average Bonchev–Trinajstić information content (AvgIpc) is 2.81. The van der Waals surface area contributed by atoms with Gasteiger partial charge in [0.1, 0.15) is 5.65 Å². The van der Waals surface area contributed by atoms with Crippen LogP contribution in [0.3, 0.4) is 0 Å². The summed E-state index contributed by atoms with van der Waals surface area (Å²) in [6.07, 6.45) is 3.64. The third-order valence-electron chi connectivity index (χ3n) is 2.79. The molecule has 3 rings (SSSR count). The fourth-order valence-corrected chi connectivity index (χ4v) is 2.30. The van der Waals surface area contributed by atoms with Crippen molar-refractivity contribution in [2.45, 2.75) is 0 Å². The number of nitro benzene ring substituents is 1. The first-order chi connectivity index (χ1) is 9.15. The van der Waals surface area contributed by atoms with Gasteiger partial charge >= 0.3 is 0 Å². The van der Waals surface area contributed by atoms with Gasteiger partial charge in [-0.25, -0.2) is 4.98 Å². The summed E-state index contributed by atoms with van der Waals surface area (Å²) in [5.74, 6) is 0. The largest absolute Gasteiger partial charge is 0.305 e. The molecule has 0 atom stereocenters. The summed E-state index contributed by atoms with van der Waals surface area (Å²) in [5.41, 5.74) is 1.92. The zero-order valence-electron chi connectivity index (χ0n) is 9.65. The number of aromatic nitrogens is 2. The van der Waals surface area contributed by atoms with Crippen LogP contribution in [0, 0.1) is 10.1 Å². The molecule has 0 spiro atoms. The van der Waals surface area contributed by atoms with E-state index in [-0.39, 0.29) is 5.69 Å². The molecule has 0 aliphatic carbocycles. The molecule has 0 saturated heterocycles. The molecular formula is C13H8BrN3O2. The second kappa shape index (κ2) is 4.47. The predicted octanol–water partition coefficient (Wildman–Crippen LogP) is 3.67. The Morgan fingerprint density at radius 3 is 2.74 bits per heavy atom. The average molecular weight is 318 g/mol. The van der Waals surface area contributed by atoms with Gasteiger partial charge < -0.3 is 4.40 Å². The molecule has 0 saturated carbocycles. The molecule has 6 heteroatoms. The van der Waals surface area contributed by atoms with Crippen molar-refractivity contribution in [3.8, 4) is 11.3 Å². The monoisotopic (exact) mass is 317 g/mol. The van der Waals surface area contributed by atoms with Crippen LogP contribution in [0.2, 0.25) is 0 Å². The quantitative estimate of drug-likeness (QED) is 0.535. The molecule has 3 aromatic rings. The lowest BCUT2D eigenvalue weighted by molar-refractivity contribution is -0.384. The van der Waals surface area contributed by atoms with Gasteiger partial charge in [0.25, 0.3) is 5.69 Å². The van der Waals surface area contributed by atoms with Gasteiger partial charge in [-0.05, 0) is 34.1 Å². The number of halogens is 1. The van der Waals surface area contributed by atoms with E-state index in [2.05, 4.69) is 20.9 Å². The van der Waals surface area contributed by atoms with E-state index in [1.165, 1.54) is 6.07 Å². The number of imidazole rings is 1. The number of nitro groups is 1. The minimum atomic E-state index is -0.394. The predicted molar refractivity (Wildman–Crippen MR) is 75.0 cm³/mol. The van der Waals surface area contributed by atoms with E-state index in [9.17, 15) is 10.1 Å². The van der Waals surface area contributed by atoms with Gasteiger partial charge in [0.15, 0.2) is 0 Å². The highest BCUT2D eigenvalue weighted by Gasteiger charge is 2.16. The molecule has 0 aliphatic heterocycles. The van der Waals surface area contributed by atoms with Gasteiger partial charge in [-0.15, -0.1) is 0 Å². The first-order valence-corrected chi connectivity index (χ1v) is 6.32. The van der Waals surface area contributed by atoms with Crippen molar-refractivity contribution in [3.63, 3.8) is 0 Å². The normalized spacial score (nSPS) is 10.8. The first-order valence-electron chi connectivity index (χ1n) is 5.53. The number of para-hydroxylation sites is 1. The van der Waals surface area contributed by atoms with Gasteiger partial charge in [0.05, 0.1) is 16.2 Å². The van der Waals surface area contributed by atoms with E-state index >= 15 is 0 Å². The molecular weight excluding hydrogens is 310 g/mol. The second-order valence-electron chi connectivity index (χ2n) is 4.01. The number of pyridine rings is 1. The van der Waals surface area contributed by atoms with Gasteiger partial charge in [0.2, 0.25) is 0 Å². The van der Waals surface area contributed by atoms with Gasteiger partial charge in [0, 0.05) is 22.9 Å². The number of hydrogen-bond donors (Lipinski definition) is 0. The summed E-state index contributed by atoms with van der Waals surface area (Å²) in [5, 5.41) is 11.0. The van der Waals surface area contributed by atoms with Crippen molar-refractivity contribution >= 4 is 27.3 Å². The highest BCUT2D eigenvalue weighted by atomic mass is 79.9. The summed E-state index contributed by atoms with van der Waals surface area (Å²) < 4.78 is 2.75. The van der Waals surface area contributed by atoms with Crippen molar-refractivity contribution in [1.82, 2.24) is 9.38 Å². The molecule has 2 heterocycles. The third kappa shape index (κ3) is 2.10. The lowest BCUT2D eigenvalue weighted by Crippen LogP contribution is -1.91. The highest BCUT2D eigenvalue weighted by molar-refractivity contribution is 9.10. The molecule has 2 aromatic heterocycles. The van der Waals surface area contributed by atoms with Crippen LogP contribution in [-0.4, -0.2) is 14.3 Å². The van der Waals surface area contributed by atoms with Gasteiger partial charge in [-0.3, -0.25) is 10.1 Å². The van der Waals surface area contributed by atoms with E-state index in [1.54, 1.807) is 24.4 Å². The van der Waals surface area contributed by atoms with Crippen molar-refractivity contribution in [2.75, 3.05) is 0 Å². The Hall–Kier alpha value is -2.21. The van der Waals surface area contributed by atoms with Crippen LogP contribution in [0.1, 0.15) is 0 Å². The molecule has 19 heavy (non-hydrogen) atoms. The fourth-order valence-electron chi connectivity index (χ4n) is 1.94. The summed E-state index contributed by atoms with van der Waals surface area (Å²) in [7, 11) is 0. The van der Waals surface area contributed by atoms with Crippen LogP contribution < -0.4 is 0 Å². The summed E-state index contributed by atoms with van der Waals surface area (Å²) in [6.45, 7) is 0. The Kier molecular flexibility index (Phi) is 2.79. The number of hydrogen-bond acceptors (Lipinski definition) is 3. The third-order valence-corrected chi connectivity index (χ3v) is 3.26. The Morgan fingerprint density at radius 2 is 1.95 bits per heavy atom. The molecule has 0 amide bonds. The molecule has 0 radical (unpaired) electrons. The van der Waals surface area contributed by atoms with Crippen molar-refractivity contribution in [2.24, 2.45) is 0 Å². The van der Waals surface area contributed by atoms with Crippen molar-refractivity contribution < 1.29 is 4.92 Å². The maximum absolute atomic E-state index is 11.0. The maximum atomic E-state index is 11.0. The van der Waals surface area contributed by atoms with Crippen LogP contribution in [0.15, 0.2) is 53.3 Å². The van der Waals surface area contributed by atoms with Crippen LogP contribution in [0.5, 0.6) is 0 Å². The number of fused-ring (bicyclic) bond motifs is 1. The zero-order chi connectivity index (χ0) is 13.4. The van der Waals surface area contributed by atoms with E-state index in [1.807, 2.05) is 22.7 Å². The van der Waals surface area contributed by atoms with Crippen LogP contribution in [0.4, 0.5) is 5.69 Å². The van der Waals surface area contributed by atoms with Crippen molar-refractivity contribution in [1.29, 1.82) is 0 Å². The Labute approximate surface area is 116 Å². The summed E-state index contributed by atoms with van der Waals surface area (Å²) in [6, 6.07) is 10.3. The van der Waals surface area contributed by atoms with Gasteiger partial charge in [-0.1, -0.05) is 12.1 Å². The Bertz CT molecular complexity index is 782. The molecule has 1 aromatic carbocycles. The lowest BCUT2D eigenvalue weighted by Gasteiger charge is -1.97.